The highest BCUT2D eigenvalue weighted by molar-refractivity contribution is 5.67. The van der Waals surface area contributed by atoms with Gasteiger partial charge in [0.25, 0.3) is 0 Å². The number of rotatable bonds is 9. The van der Waals surface area contributed by atoms with E-state index in [0.717, 1.165) is 46.4 Å². The van der Waals surface area contributed by atoms with E-state index in [4.69, 9.17) is 15.2 Å². The summed E-state index contributed by atoms with van der Waals surface area (Å²) in [5.74, 6) is 3.15. The Labute approximate surface area is 217 Å². The number of aryl methyl sites for hydroxylation is 1. The maximum absolute atomic E-state index is 6.02. The van der Waals surface area contributed by atoms with E-state index in [1.165, 1.54) is 32.4 Å². The molecular formula is C29H32N6O2. The Bertz CT molecular complexity index is 1310. The normalized spacial score (nSPS) is 13.8. The molecule has 190 valence electrons. The first-order valence-corrected chi connectivity index (χ1v) is 12.7. The molecule has 2 aromatic heterocycles. The average Bonchev–Trinajstić information content (AvgIpc) is 2.91. The Morgan fingerprint density at radius 3 is 2.38 bits per heavy atom. The molecule has 5 rings (SSSR count). The lowest BCUT2D eigenvalue weighted by Crippen LogP contribution is -2.33. The van der Waals surface area contributed by atoms with Gasteiger partial charge in [-0.2, -0.15) is 4.98 Å². The predicted molar refractivity (Wildman–Crippen MR) is 146 cm³/mol. The van der Waals surface area contributed by atoms with Crippen molar-refractivity contribution in [2.24, 2.45) is 0 Å². The fourth-order valence-corrected chi connectivity index (χ4v) is 4.35. The number of pyridine rings is 1. The zero-order valence-electron chi connectivity index (χ0n) is 21.1. The molecule has 1 aliphatic heterocycles. The van der Waals surface area contributed by atoms with E-state index >= 15 is 0 Å². The minimum Gasteiger partial charge on any atom is -0.492 e. The van der Waals surface area contributed by atoms with Crippen molar-refractivity contribution in [1.82, 2.24) is 19.9 Å². The lowest BCUT2D eigenvalue weighted by Gasteiger charge is -2.26. The minimum atomic E-state index is 0.204. The number of hydrogen-bond acceptors (Lipinski definition) is 8. The van der Waals surface area contributed by atoms with Gasteiger partial charge in [0.1, 0.15) is 29.7 Å². The molecule has 0 radical (unpaired) electrons. The summed E-state index contributed by atoms with van der Waals surface area (Å²) in [7, 11) is 0. The number of benzene rings is 2. The Balaban J connectivity index is 1.20. The van der Waals surface area contributed by atoms with Crippen LogP contribution in [0.5, 0.6) is 17.2 Å². The predicted octanol–water partition coefficient (Wildman–Crippen LogP) is 5.83. The lowest BCUT2D eigenvalue weighted by atomic mass is 10.1. The van der Waals surface area contributed by atoms with Gasteiger partial charge >= 0.3 is 0 Å². The largest absolute Gasteiger partial charge is 0.492 e. The number of ether oxygens (including phenoxy) is 2. The number of nitrogens with two attached hydrogens (primary N) is 1. The minimum absolute atomic E-state index is 0.204. The van der Waals surface area contributed by atoms with Crippen molar-refractivity contribution >= 4 is 17.5 Å². The van der Waals surface area contributed by atoms with Gasteiger partial charge in [0.2, 0.25) is 5.95 Å². The second-order valence-electron chi connectivity index (χ2n) is 9.16. The van der Waals surface area contributed by atoms with Crippen molar-refractivity contribution < 1.29 is 9.47 Å². The number of likely N-dealkylation sites (tertiary alicyclic amines) is 1. The van der Waals surface area contributed by atoms with E-state index in [0.29, 0.717) is 12.4 Å². The number of nitrogens with one attached hydrogen (secondary N) is 1. The zero-order chi connectivity index (χ0) is 25.5. The van der Waals surface area contributed by atoms with Gasteiger partial charge < -0.3 is 20.5 Å². The Morgan fingerprint density at radius 1 is 0.865 bits per heavy atom. The third-order valence-corrected chi connectivity index (χ3v) is 6.25. The van der Waals surface area contributed by atoms with Gasteiger partial charge in [-0.25, -0.2) is 4.98 Å². The summed E-state index contributed by atoms with van der Waals surface area (Å²) < 4.78 is 11.9. The molecule has 2 aromatic carbocycles. The van der Waals surface area contributed by atoms with Crippen LogP contribution in [0.2, 0.25) is 0 Å². The molecule has 1 aliphatic rings. The van der Waals surface area contributed by atoms with Gasteiger partial charge in [0, 0.05) is 41.8 Å². The number of hydrogen-bond donors (Lipinski definition) is 2. The summed E-state index contributed by atoms with van der Waals surface area (Å²) in [6.45, 7) is 5.95. The maximum atomic E-state index is 6.02. The average molecular weight is 497 g/mol. The number of nitrogen functional groups attached to an aromatic ring is 1. The van der Waals surface area contributed by atoms with Crippen LogP contribution >= 0.6 is 0 Å². The number of anilines is 3. The SMILES string of the molecule is Cc1cc(Oc2ccc(Nc3cc(-c4ccc(OCCN5CCCCC5)cc4)nc(N)n3)cc2)ccn1. The lowest BCUT2D eigenvalue weighted by molar-refractivity contribution is 0.183. The first kappa shape index (κ1) is 24.5. The second kappa shape index (κ2) is 11.7. The summed E-state index contributed by atoms with van der Waals surface area (Å²) in [5, 5.41) is 3.30. The molecule has 8 nitrogen and oxygen atoms in total. The quantitative estimate of drug-likeness (QED) is 0.299. The molecule has 8 heteroatoms. The Kier molecular flexibility index (Phi) is 7.76. The molecule has 3 heterocycles. The highest BCUT2D eigenvalue weighted by atomic mass is 16.5. The van der Waals surface area contributed by atoms with Crippen molar-refractivity contribution in [2.75, 3.05) is 37.3 Å². The fourth-order valence-electron chi connectivity index (χ4n) is 4.35. The van der Waals surface area contributed by atoms with Gasteiger partial charge in [0.15, 0.2) is 0 Å². The molecule has 0 amide bonds. The van der Waals surface area contributed by atoms with E-state index < -0.39 is 0 Å². The monoisotopic (exact) mass is 496 g/mol. The summed E-state index contributed by atoms with van der Waals surface area (Å²) in [5.41, 5.74) is 9.47. The topological polar surface area (TPSA) is 98.4 Å². The maximum Gasteiger partial charge on any atom is 0.222 e. The molecule has 3 N–H and O–H groups in total. The van der Waals surface area contributed by atoms with E-state index in [2.05, 4.69) is 25.2 Å². The molecule has 0 atom stereocenters. The van der Waals surface area contributed by atoms with Crippen LogP contribution in [0.3, 0.4) is 0 Å². The standard InChI is InChI=1S/C29H32N6O2/c1-21-19-26(13-14-31-21)37-25-11-7-23(8-12-25)32-28-20-27(33-29(30)34-28)22-5-9-24(10-6-22)36-18-17-35-15-3-2-4-16-35/h5-14,19-20H,2-4,15-18H2,1H3,(H3,30,32,33,34). The molecule has 0 spiro atoms. The van der Waals surface area contributed by atoms with E-state index in [1.807, 2.05) is 73.7 Å². The van der Waals surface area contributed by atoms with Crippen LogP contribution in [0.1, 0.15) is 25.0 Å². The molecule has 1 fully saturated rings. The van der Waals surface area contributed by atoms with Crippen molar-refractivity contribution in [3.8, 4) is 28.5 Å². The summed E-state index contributed by atoms with van der Waals surface area (Å²) in [6.07, 6.45) is 5.66. The van der Waals surface area contributed by atoms with Gasteiger partial charge in [-0.15, -0.1) is 0 Å². The highest BCUT2D eigenvalue weighted by Crippen LogP contribution is 2.27. The fraction of sp³-hybridized carbons (Fsp3) is 0.276. The van der Waals surface area contributed by atoms with E-state index in [9.17, 15) is 0 Å². The first-order valence-electron chi connectivity index (χ1n) is 12.7. The Hall–Kier alpha value is -4.17. The zero-order valence-corrected chi connectivity index (χ0v) is 21.1. The number of nitrogens with zero attached hydrogens (tertiary/aromatic N) is 4. The molecule has 4 aromatic rings. The summed E-state index contributed by atoms with van der Waals surface area (Å²) in [6, 6.07) is 21.2. The van der Waals surface area contributed by atoms with Crippen molar-refractivity contribution in [3.05, 3.63) is 78.6 Å². The van der Waals surface area contributed by atoms with Crippen molar-refractivity contribution in [1.29, 1.82) is 0 Å². The highest BCUT2D eigenvalue weighted by Gasteiger charge is 2.10. The molecule has 0 bridgehead atoms. The number of aromatic nitrogens is 3. The second-order valence-corrected chi connectivity index (χ2v) is 9.16. The van der Waals surface area contributed by atoms with Gasteiger partial charge in [-0.3, -0.25) is 9.88 Å². The van der Waals surface area contributed by atoms with Crippen molar-refractivity contribution in [3.63, 3.8) is 0 Å². The van der Waals surface area contributed by atoms with Crippen LogP contribution in [0, 0.1) is 6.92 Å². The van der Waals surface area contributed by atoms with Crippen LogP contribution in [0.15, 0.2) is 72.9 Å². The van der Waals surface area contributed by atoms with Crippen LogP contribution < -0.4 is 20.5 Å². The third-order valence-electron chi connectivity index (χ3n) is 6.25. The molecule has 37 heavy (non-hydrogen) atoms. The molecular weight excluding hydrogens is 464 g/mol. The van der Waals surface area contributed by atoms with Crippen LogP contribution in [-0.2, 0) is 0 Å². The molecule has 0 unspecified atom stereocenters. The van der Waals surface area contributed by atoms with Crippen LogP contribution in [0.25, 0.3) is 11.3 Å². The molecule has 0 aliphatic carbocycles. The van der Waals surface area contributed by atoms with Gasteiger partial charge in [-0.05, 0) is 87.5 Å². The van der Waals surface area contributed by atoms with Crippen LogP contribution in [0.4, 0.5) is 17.5 Å². The summed E-state index contributed by atoms with van der Waals surface area (Å²) in [4.78, 5) is 15.4. The molecule has 0 saturated carbocycles. The van der Waals surface area contributed by atoms with Crippen molar-refractivity contribution in [2.45, 2.75) is 26.2 Å². The van der Waals surface area contributed by atoms with E-state index in [1.54, 1.807) is 6.20 Å². The summed E-state index contributed by atoms with van der Waals surface area (Å²) >= 11 is 0. The van der Waals surface area contributed by atoms with E-state index in [-0.39, 0.29) is 5.95 Å². The van der Waals surface area contributed by atoms with Gasteiger partial charge in [0.05, 0.1) is 5.69 Å². The van der Waals surface area contributed by atoms with Gasteiger partial charge in [-0.1, -0.05) is 6.42 Å². The smallest absolute Gasteiger partial charge is 0.222 e. The first-order chi connectivity index (χ1) is 18.1. The third kappa shape index (κ3) is 6.95. The number of piperidine rings is 1. The van der Waals surface area contributed by atoms with Crippen LogP contribution in [-0.4, -0.2) is 46.1 Å². The molecule has 1 saturated heterocycles. The Morgan fingerprint density at radius 2 is 1.62 bits per heavy atom.